The predicted molar refractivity (Wildman–Crippen MR) is 107 cm³/mol. The maximum Gasteiger partial charge on any atom is 0.338 e. The molecule has 0 aliphatic carbocycles. The Hall–Kier alpha value is -2.29. The summed E-state index contributed by atoms with van der Waals surface area (Å²) in [6.45, 7) is 6.20. The molecule has 0 amide bonds. The number of hydrogen-bond donors (Lipinski definition) is 1. The van der Waals surface area contributed by atoms with Crippen LogP contribution in [0.2, 0.25) is 0 Å². The topological polar surface area (TPSA) is 68.1 Å². The Kier molecular flexibility index (Phi) is 6.66. The van der Waals surface area contributed by atoms with Crippen molar-refractivity contribution in [2.45, 2.75) is 24.8 Å². The Morgan fingerprint density at radius 3 is 2.24 bits per heavy atom. The standard InChI is InChI=1S/C21H25FN2O4S/c1-3-28-21(25)18-6-10-20(11-7-18)29(26,27)24-14-12-23(13-15-24)16(2)17-4-8-19(22)9-5-17/h4-11,16H,3,12-15H2,1-2H3/p+1/t16-/m1/s1. The Bertz CT molecular complexity index is 938. The molecule has 2 aromatic carbocycles. The molecule has 8 heteroatoms. The highest BCUT2D eigenvalue weighted by Crippen LogP contribution is 2.18. The quantitative estimate of drug-likeness (QED) is 0.721. The fraction of sp³-hybridized carbons (Fsp3) is 0.381. The van der Waals surface area contributed by atoms with Crippen molar-refractivity contribution in [2.75, 3.05) is 32.8 Å². The van der Waals surface area contributed by atoms with Gasteiger partial charge in [0.05, 0.1) is 43.2 Å². The van der Waals surface area contributed by atoms with Gasteiger partial charge in [-0.3, -0.25) is 0 Å². The molecule has 6 nitrogen and oxygen atoms in total. The number of piperazine rings is 1. The molecule has 0 saturated carbocycles. The first-order chi connectivity index (χ1) is 13.8. The molecule has 156 valence electrons. The van der Waals surface area contributed by atoms with E-state index >= 15 is 0 Å². The third-order valence-electron chi connectivity index (χ3n) is 5.35. The summed E-state index contributed by atoms with van der Waals surface area (Å²) in [6, 6.07) is 12.5. The van der Waals surface area contributed by atoms with Gasteiger partial charge in [-0.2, -0.15) is 4.31 Å². The van der Waals surface area contributed by atoms with E-state index in [4.69, 9.17) is 4.74 Å². The fourth-order valence-electron chi connectivity index (χ4n) is 3.56. The largest absolute Gasteiger partial charge is 0.462 e. The van der Waals surface area contributed by atoms with Gasteiger partial charge in [0.25, 0.3) is 0 Å². The number of carbonyl (C=O) groups is 1. The Labute approximate surface area is 170 Å². The highest BCUT2D eigenvalue weighted by Gasteiger charge is 2.32. The van der Waals surface area contributed by atoms with Gasteiger partial charge in [-0.15, -0.1) is 0 Å². The number of benzene rings is 2. The molecule has 0 aromatic heterocycles. The van der Waals surface area contributed by atoms with E-state index in [0.29, 0.717) is 31.7 Å². The molecule has 1 aliphatic heterocycles. The van der Waals surface area contributed by atoms with Crippen molar-refractivity contribution in [1.82, 2.24) is 4.31 Å². The molecular weight excluding hydrogens is 395 g/mol. The lowest BCUT2D eigenvalue weighted by atomic mass is 10.1. The van der Waals surface area contributed by atoms with Gasteiger partial charge in [-0.1, -0.05) is 12.1 Å². The number of hydrogen-bond acceptors (Lipinski definition) is 4. The second-order valence-electron chi connectivity index (χ2n) is 7.08. The first kappa shape index (κ1) is 21.4. The number of esters is 1. The SMILES string of the molecule is CCOC(=O)c1ccc(S(=O)(=O)N2CC[NH+]([C@H](C)c3ccc(F)cc3)CC2)cc1. The van der Waals surface area contributed by atoms with Crippen LogP contribution in [0, 0.1) is 5.82 Å². The maximum atomic E-state index is 13.1. The van der Waals surface area contributed by atoms with Crippen LogP contribution < -0.4 is 4.90 Å². The van der Waals surface area contributed by atoms with Crippen molar-refractivity contribution < 1.29 is 27.2 Å². The van der Waals surface area contributed by atoms with Crippen molar-refractivity contribution in [3.63, 3.8) is 0 Å². The van der Waals surface area contributed by atoms with Gasteiger partial charge in [0.15, 0.2) is 0 Å². The number of halogens is 1. The molecule has 1 fully saturated rings. The number of nitrogens with zero attached hydrogens (tertiary/aromatic N) is 1. The van der Waals surface area contributed by atoms with Crippen molar-refractivity contribution in [1.29, 1.82) is 0 Å². The van der Waals surface area contributed by atoms with Gasteiger partial charge >= 0.3 is 5.97 Å². The number of nitrogens with one attached hydrogen (secondary N) is 1. The number of sulfonamides is 1. The lowest BCUT2D eigenvalue weighted by molar-refractivity contribution is -0.933. The van der Waals surface area contributed by atoms with Crippen LogP contribution in [0.25, 0.3) is 0 Å². The molecule has 0 unspecified atom stereocenters. The van der Waals surface area contributed by atoms with Crippen molar-refractivity contribution in [3.05, 3.63) is 65.5 Å². The number of ether oxygens (including phenoxy) is 1. The van der Waals surface area contributed by atoms with E-state index in [-0.39, 0.29) is 23.4 Å². The number of rotatable bonds is 6. The molecule has 1 saturated heterocycles. The zero-order valence-electron chi connectivity index (χ0n) is 16.6. The minimum absolute atomic E-state index is 0.157. The van der Waals surface area contributed by atoms with Gasteiger partial charge in [0, 0.05) is 5.56 Å². The normalized spacial score (nSPS) is 17.1. The van der Waals surface area contributed by atoms with Crippen LogP contribution in [-0.2, 0) is 14.8 Å². The van der Waals surface area contributed by atoms with E-state index in [2.05, 4.69) is 6.92 Å². The highest BCUT2D eigenvalue weighted by molar-refractivity contribution is 7.89. The average molecular weight is 422 g/mol. The molecule has 1 N–H and O–H groups in total. The zero-order valence-corrected chi connectivity index (χ0v) is 17.4. The summed E-state index contributed by atoms with van der Waals surface area (Å²) < 4.78 is 45.4. The molecule has 1 heterocycles. The van der Waals surface area contributed by atoms with Crippen molar-refractivity contribution in [3.8, 4) is 0 Å². The summed E-state index contributed by atoms with van der Waals surface area (Å²) in [7, 11) is -3.62. The predicted octanol–water partition coefficient (Wildman–Crippen LogP) is 1.65. The first-order valence-electron chi connectivity index (χ1n) is 9.70. The molecule has 3 rings (SSSR count). The van der Waals surface area contributed by atoms with Crippen LogP contribution in [0.1, 0.15) is 35.8 Å². The minimum Gasteiger partial charge on any atom is -0.462 e. The van der Waals surface area contributed by atoms with Crippen molar-refractivity contribution in [2.24, 2.45) is 0 Å². The first-order valence-corrected chi connectivity index (χ1v) is 11.1. The smallest absolute Gasteiger partial charge is 0.338 e. The minimum atomic E-state index is -3.62. The Balaban J connectivity index is 1.64. The summed E-state index contributed by atoms with van der Waals surface area (Å²) in [5, 5.41) is 0. The fourth-order valence-corrected chi connectivity index (χ4v) is 5.00. The third-order valence-corrected chi connectivity index (χ3v) is 7.26. The van der Waals surface area contributed by atoms with E-state index in [1.54, 1.807) is 19.1 Å². The molecule has 2 aromatic rings. The van der Waals surface area contributed by atoms with E-state index in [1.807, 2.05) is 0 Å². The summed E-state index contributed by atoms with van der Waals surface area (Å²) in [6.07, 6.45) is 0. The van der Waals surface area contributed by atoms with Crippen LogP contribution in [-0.4, -0.2) is 51.5 Å². The molecule has 0 spiro atoms. The summed E-state index contributed by atoms with van der Waals surface area (Å²) in [5.41, 5.74) is 1.36. The van der Waals surface area contributed by atoms with Gasteiger partial charge in [-0.05, 0) is 50.2 Å². The monoisotopic (exact) mass is 421 g/mol. The summed E-state index contributed by atoms with van der Waals surface area (Å²) in [4.78, 5) is 13.2. The van der Waals surface area contributed by atoms with Crippen LogP contribution >= 0.6 is 0 Å². The molecular formula is C21H26FN2O4S+. The molecule has 1 aliphatic rings. The van der Waals surface area contributed by atoms with Crippen LogP contribution in [0.4, 0.5) is 4.39 Å². The third kappa shape index (κ3) is 4.83. The van der Waals surface area contributed by atoms with Crippen LogP contribution in [0.3, 0.4) is 0 Å². The number of quaternary nitrogens is 1. The van der Waals surface area contributed by atoms with Gasteiger partial charge in [-0.25, -0.2) is 17.6 Å². The second-order valence-corrected chi connectivity index (χ2v) is 9.02. The van der Waals surface area contributed by atoms with Gasteiger partial charge in [0.1, 0.15) is 11.9 Å². The Morgan fingerprint density at radius 1 is 1.10 bits per heavy atom. The maximum absolute atomic E-state index is 13.1. The molecule has 1 atom stereocenters. The Morgan fingerprint density at radius 2 is 1.69 bits per heavy atom. The van der Waals surface area contributed by atoms with E-state index in [1.165, 1.54) is 45.6 Å². The lowest BCUT2D eigenvalue weighted by Crippen LogP contribution is -3.14. The van der Waals surface area contributed by atoms with Gasteiger partial charge in [0.2, 0.25) is 10.0 Å². The zero-order chi connectivity index (χ0) is 21.0. The van der Waals surface area contributed by atoms with E-state index < -0.39 is 16.0 Å². The highest BCUT2D eigenvalue weighted by atomic mass is 32.2. The molecule has 29 heavy (non-hydrogen) atoms. The van der Waals surface area contributed by atoms with Crippen molar-refractivity contribution >= 4 is 16.0 Å². The van der Waals surface area contributed by atoms with E-state index in [0.717, 1.165) is 5.56 Å². The van der Waals surface area contributed by atoms with Gasteiger partial charge < -0.3 is 9.64 Å². The molecule has 0 radical (unpaired) electrons. The number of carbonyl (C=O) groups excluding carboxylic acids is 1. The lowest BCUT2D eigenvalue weighted by Gasteiger charge is -2.35. The molecule has 0 bridgehead atoms. The summed E-state index contributed by atoms with van der Waals surface area (Å²) >= 11 is 0. The van der Waals surface area contributed by atoms with E-state index in [9.17, 15) is 17.6 Å². The van der Waals surface area contributed by atoms with Crippen LogP contribution in [0.5, 0.6) is 0 Å². The average Bonchev–Trinajstić information content (AvgIpc) is 2.74. The summed E-state index contributed by atoms with van der Waals surface area (Å²) in [5.74, 6) is -0.732. The van der Waals surface area contributed by atoms with Crippen LogP contribution in [0.15, 0.2) is 53.4 Å². The second kappa shape index (κ2) is 9.02.